The van der Waals surface area contributed by atoms with Crippen molar-refractivity contribution in [2.75, 3.05) is 12.8 Å². The van der Waals surface area contributed by atoms with E-state index < -0.39 is 0 Å². The normalized spacial score (nSPS) is 10.8. The van der Waals surface area contributed by atoms with Crippen molar-refractivity contribution in [3.63, 3.8) is 0 Å². The van der Waals surface area contributed by atoms with Crippen LogP contribution in [0.2, 0.25) is 0 Å². The molecule has 0 bridgehead atoms. The number of carbonyl (C=O) groups excluding carboxylic acids is 1. The zero-order valence-electron chi connectivity index (χ0n) is 16.8. The van der Waals surface area contributed by atoms with E-state index in [1.807, 2.05) is 42.7 Å². The Kier molecular flexibility index (Phi) is 6.37. The molecule has 8 heteroatoms. The molecule has 4 rings (SSSR count). The van der Waals surface area contributed by atoms with Crippen molar-refractivity contribution < 1.29 is 9.18 Å². The van der Waals surface area contributed by atoms with E-state index in [4.69, 9.17) is 0 Å². The number of amides is 1. The second-order valence-corrected chi connectivity index (χ2v) is 7.73. The SMILES string of the molecule is CSc1ccc(-c2cc(C(=O)NCCc3ccccc3F)cc(-n3cnnn3)c2)cc1. The summed E-state index contributed by atoms with van der Waals surface area (Å²) in [7, 11) is 0. The molecular formula is C23H20FN5OS. The molecule has 0 saturated carbocycles. The molecule has 31 heavy (non-hydrogen) atoms. The zero-order chi connectivity index (χ0) is 21.6. The maximum absolute atomic E-state index is 13.8. The maximum Gasteiger partial charge on any atom is 0.251 e. The molecule has 156 valence electrons. The fourth-order valence-electron chi connectivity index (χ4n) is 3.22. The first-order chi connectivity index (χ1) is 15.1. The molecule has 0 aliphatic carbocycles. The highest BCUT2D eigenvalue weighted by molar-refractivity contribution is 7.98. The maximum atomic E-state index is 13.8. The molecular weight excluding hydrogens is 413 g/mol. The number of tetrazole rings is 1. The van der Waals surface area contributed by atoms with E-state index in [1.54, 1.807) is 36.0 Å². The van der Waals surface area contributed by atoms with E-state index >= 15 is 0 Å². The van der Waals surface area contributed by atoms with Crippen molar-refractivity contribution in [1.29, 1.82) is 0 Å². The number of benzene rings is 3. The minimum atomic E-state index is -0.270. The van der Waals surface area contributed by atoms with E-state index in [0.29, 0.717) is 29.8 Å². The quantitative estimate of drug-likeness (QED) is 0.443. The molecule has 1 heterocycles. The Hall–Kier alpha value is -3.52. The van der Waals surface area contributed by atoms with Crippen molar-refractivity contribution in [3.05, 3.63) is 90.0 Å². The van der Waals surface area contributed by atoms with Crippen molar-refractivity contribution in [3.8, 4) is 16.8 Å². The van der Waals surface area contributed by atoms with Gasteiger partial charge in [0.15, 0.2) is 0 Å². The van der Waals surface area contributed by atoms with E-state index in [0.717, 1.165) is 16.0 Å². The average molecular weight is 434 g/mol. The third-order valence-electron chi connectivity index (χ3n) is 4.85. The van der Waals surface area contributed by atoms with Gasteiger partial charge in [0.1, 0.15) is 12.1 Å². The van der Waals surface area contributed by atoms with Gasteiger partial charge in [0.05, 0.1) is 5.69 Å². The third-order valence-corrected chi connectivity index (χ3v) is 5.60. The molecule has 0 saturated heterocycles. The predicted molar refractivity (Wildman–Crippen MR) is 119 cm³/mol. The molecule has 0 spiro atoms. The van der Waals surface area contributed by atoms with Crippen LogP contribution in [-0.2, 0) is 6.42 Å². The van der Waals surface area contributed by atoms with Crippen molar-refractivity contribution in [2.45, 2.75) is 11.3 Å². The standard InChI is InChI=1S/C23H20FN5OS/c1-31-21-8-6-16(7-9-21)18-12-19(14-20(13-18)29-15-26-27-28-29)23(30)25-11-10-17-4-2-3-5-22(17)24/h2-9,12-15H,10-11H2,1H3,(H,25,30). The van der Waals surface area contributed by atoms with Gasteiger partial charge in [-0.3, -0.25) is 4.79 Å². The summed E-state index contributed by atoms with van der Waals surface area (Å²) in [6, 6.07) is 20.2. The molecule has 0 atom stereocenters. The van der Waals surface area contributed by atoms with E-state index in [2.05, 4.69) is 20.8 Å². The Morgan fingerprint density at radius 3 is 2.58 bits per heavy atom. The van der Waals surface area contributed by atoms with Crippen LogP contribution in [-0.4, -0.2) is 38.9 Å². The number of thioether (sulfide) groups is 1. The Balaban J connectivity index is 1.58. The first kappa shape index (κ1) is 20.7. The Morgan fingerprint density at radius 1 is 1.06 bits per heavy atom. The van der Waals surface area contributed by atoms with Gasteiger partial charge in [-0.05, 0) is 76.2 Å². The number of hydrogen-bond acceptors (Lipinski definition) is 5. The predicted octanol–water partition coefficient (Wildman–Crippen LogP) is 4.16. The van der Waals surface area contributed by atoms with Crippen LogP contribution >= 0.6 is 11.8 Å². The number of nitrogens with zero attached hydrogens (tertiary/aromatic N) is 4. The fourth-order valence-corrected chi connectivity index (χ4v) is 3.63. The molecule has 0 fully saturated rings. The van der Waals surface area contributed by atoms with Gasteiger partial charge in [0, 0.05) is 17.0 Å². The van der Waals surface area contributed by atoms with Gasteiger partial charge in [-0.15, -0.1) is 16.9 Å². The second kappa shape index (κ2) is 9.53. The van der Waals surface area contributed by atoms with Gasteiger partial charge in [0.2, 0.25) is 0 Å². The summed E-state index contributed by atoms with van der Waals surface area (Å²) in [6.45, 7) is 0.326. The molecule has 0 unspecified atom stereocenters. The lowest BCUT2D eigenvalue weighted by molar-refractivity contribution is 0.0954. The summed E-state index contributed by atoms with van der Waals surface area (Å²) in [5, 5.41) is 14.2. The van der Waals surface area contributed by atoms with Crippen LogP contribution in [0.25, 0.3) is 16.8 Å². The first-order valence-corrected chi connectivity index (χ1v) is 10.9. The third kappa shape index (κ3) is 4.97. The summed E-state index contributed by atoms with van der Waals surface area (Å²) < 4.78 is 15.3. The van der Waals surface area contributed by atoms with E-state index in [-0.39, 0.29) is 11.7 Å². The minimum absolute atomic E-state index is 0.242. The zero-order valence-corrected chi connectivity index (χ0v) is 17.6. The summed E-state index contributed by atoms with van der Waals surface area (Å²) in [5.41, 5.74) is 3.58. The van der Waals surface area contributed by atoms with E-state index in [1.165, 1.54) is 17.1 Å². The highest BCUT2D eigenvalue weighted by Crippen LogP contribution is 2.26. The van der Waals surface area contributed by atoms with Crippen LogP contribution in [0.5, 0.6) is 0 Å². The van der Waals surface area contributed by atoms with Crippen molar-refractivity contribution in [2.24, 2.45) is 0 Å². The van der Waals surface area contributed by atoms with Crippen LogP contribution in [0.1, 0.15) is 15.9 Å². The lowest BCUT2D eigenvalue weighted by Crippen LogP contribution is -2.26. The summed E-state index contributed by atoms with van der Waals surface area (Å²) in [6.07, 6.45) is 3.92. The highest BCUT2D eigenvalue weighted by Gasteiger charge is 2.12. The van der Waals surface area contributed by atoms with Gasteiger partial charge in [-0.1, -0.05) is 30.3 Å². The van der Waals surface area contributed by atoms with Crippen LogP contribution in [0, 0.1) is 5.82 Å². The molecule has 1 N–H and O–H groups in total. The number of hydrogen-bond donors (Lipinski definition) is 1. The Labute approximate surface area is 183 Å². The molecule has 3 aromatic carbocycles. The molecule has 6 nitrogen and oxygen atoms in total. The van der Waals surface area contributed by atoms with E-state index in [9.17, 15) is 9.18 Å². The summed E-state index contributed by atoms with van der Waals surface area (Å²) in [4.78, 5) is 14.0. The largest absolute Gasteiger partial charge is 0.352 e. The number of nitrogens with one attached hydrogen (secondary N) is 1. The van der Waals surface area contributed by atoms with Crippen molar-refractivity contribution in [1.82, 2.24) is 25.5 Å². The van der Waals surface area contributed by atoms with Gasteiger partial charge >= 0.3 is 0 Å². The highest BCUT2D eigenvalue weighted by atomic mass is 32.2. The van der Waals surface area contributed by atoms with Crippen LogP contribution in [0.4, 0.5) is 4.39 Å². The smallest absolute Gasteiger partial charge is 0.251 e. The molecule has 1 amide bonds. The Bertz CT molecular complexity index is 1180. The second-order valence-electron chi connectivity index (χ2n) is 6.85. The number of rotatable bonds is 7. The summed E-state index contributed by atoms with van der Waals surface area (Å²) >= 11 is 1.67. The average Bonchev–Trinajstić information content (AvgIpc) is 3.35. The Morgan fingerprint density at radius 2 is 1.87 bits per heavy atom. The van der Waals surface area contributed by atoms with Gasteiger partial charge in [-0.25, -0.2) is 9.07 Å². The monoisotopic (exact) mass is 433 g/mol. The van der Waals surface area contributed by atoms with Crippen LogP contribution < -0.4 is 5.32 Å². The van der Waals surface area contributed by atoms with Crippen LogP contribution in [0.15, 0.2) is 78.0 Å². The lowest BCUT2D eigenvalue weighted by atomic mass is 10.0. The van der Waals surface area contributed by atoms with Gasteiger partial charge in [-0.2, -0.15) is 0 Å². The van der Waals surface area contributed by atoms with Crippen molar-refractivity contribution >= 4 is 17.7 Å². The molecule has 0 aliphatic heterocycles. The van der Waals surface area contributed by atoms with Crippen LogP contribution in [0.3, 0.4) is 0 Å². The molecule has 0 aliphatic rings. The number of aromatic nitrogens is 4. The minimum Gasteiger partial charge on any atom is -0.352 e. The van der Waals surface area contributed by atoms with Gasteiger partial charge < -0.3 is 5.32 Å². The number of carbonyl (C=O) groups is 1. The molecule has 0 radical (unpaired) electrons. The lowest BCUT2D eigenvalue weighted by Gasteiger charge is -2.11. The first-order valence-electron chi connectivity index (χ1n) is 9.68. The fraction of sp³-hybridized carbons (Fsp3) is 0.130. The molecule has 4 aromatic rings. The topological polar surface area (TPSA) is 72.7 Å². The summed E-state index contributed by atoms with van der Waals surface area (Å²) in [5.74, 6) is -0.512. The van der Waals surface area contributed by atoms with Gasteiger partial charge in [0.25, 0.3) is 5.91 Å². The molecule has 1 aromatic heterocycles. The number of halogens is 1.